The van der Waals surface area contributed by atoms with E-state index < -0.39 is 5.41 Å². The van der Waals surface area contributed by atoms with E-state index in [1.54, 1.807) is 24.4 Å². The summed E-state index contributed by atoms with van der Waals surface area (Å²) in [6.45, 7) is 9.33. The van der Waals surface area contributed by atoms with E-state index in [2.05, 4.69) is 17.2 Å². The van der Waals surface area contributed by atoms with Crippen molar-refractivity contribution in [2.75, 3.05) is 0 Å². The number of hydrogen-bond acceptors (Lipinski definition) is 5. The van der Waals surface area contributed by atoms with Gasteiger partial charge in [-0.3, -0.25) is 23.9 Å². The maximum Gasteiger partial charge on any atom is 0.269 e. The number of Topliss-reactive ketones (excluding diaryl/α,β-unsaturated/α-hetero) is 1. The molecule has 1 N–H and O–H groups in total. The number of aromatic nitrogens is 2. The Kier molecular flexibility index (Phi) is 7.67. The monoisotopic (exact) mass is 415 g/mol. The van der Waals surface area contributed by atoms with E-state index in [-0.39, 0.29) is 29.8 Å². The highest BCUT2D eigenvalue weighted by Gasteiger charge is 2.20. The number of carbonyl (C=O) groups excluding carboxylic acids is 2. The SMILES string of the molecule is CCC[C@@H](C)NC(=O)Cn1c(=O)/c(=C\c2ccccn2)s/c1=C\C(=O)C(C)(C)C. The highest BCUT2D eigenvalue weighted by Crippen LogP contribution is 2.14. The number of thiazole rings is 1. The summed E-state index contributed by atoms with van der Waals surface area (Å²) in [5, 5.41) is 2.91. The Balaban J connectivity index is 2.51. The lowest BCUT2D eigenvalue weighted by Crippen LogP contribution is -2.41. The van der Waals surface area contributed by atoms with Crippen LogP contribution in [0.2, 0.25) is 0 Å². The first kappa shape index (κ1) is 22.7. The number of rotatable bonds is 7. The lowest BCUT2D eigenvalue weighted by molar-refractivity contribution is -0.122. The van der Waals surface area contributed by atoms with Gasteiger partial charge >= 0.3 is 0 Å². The first-order valence-electron chi connectivity index (χ1n) is 9.79. The molecule has 0 aromatic carbocycles. The zero-order chi connectivity index (χ0) is 21.6. The zero-order valence-corrected chi connectivity index (χ0v) is 18.5. The molecule has 0 aliphatic carbocycles. The van der Waals surface area contributed by atoms with Gasteiger partial charge in [0.1, 0.15) is 11.2 Å². The van der Waals surface area contributed by atoms with Crippen molar-refractivity contribution in [3.8, 4) is 0 Å². The van der Waals surface area contributed by atoms with Gasteiger partial charge in [-0.05, 0) is 31.6 Å². The van der Waals surface area contributed by atoms with Crippen molar-refractivity contribution in [2.24, 2.45) is 5.41 Å². The Hall–Kier alpha value is -2.54. The third-order valence-corrected chi connectivity index (χ3v) is 5.39. The molecule has 156 valence electrons. The topological polar surface area (TPSA) is 81.1 Å². The molecule has 0 bridgehead atoms. The molecule has 2 rings (SSSR count). The minimum atomic E-state index is -0.576. The Morgan fingerprint density at radius 2 is 2.03 bits per heavy atom. The van der Waals surface area contributed by atoms with Gasteiger partial charge in [-0.25, -0.2) is 0 Å². The van der Waals surface area contributed by atoms with Gasteiger partial charge < -0.3 is 5.32 Å². The maximum absolute atomic E-state index is 13.0. The molecule has 1 amide bonds. The number of hydrogen-bond donors (Lipinski definition) is 1. The summed E-state index contributed by atoms with van der Waals surface area (Å²) < 4.78 is 2.28. The van der Waals surface area contributed by atoms with Crippen LogP contribution >= 0.6 is 11.3 Å². The largest absolute Gasteiger partial charge is 0.352 e. The average molecular weight is 416 g/mol. The third-order valence-electron chi connectivity index (χ3n) is 4.33. The van der Waals surface area contributed by atoms with Crippen LogP contribution in [0.4, 0.5) is 0 Å². The summed E-state index contributed by atoms with van der Waals surface area (Å²) in [5.74, 6) is -0.343. The summed E-state index contributed by atoms with van der Waals surface area (Å²) >= 11 is 1.20. The highest BCUT2D eigenvalue weighted by atomic mass is 32.1. The van der Waals surface area contributed by atoms with Gasteiger partial charge in [-0.15, -0.1) is 11.3 Å². The lowest BCUT2D eigenvalue weighted by Gasteiger charge is -2.14. The van der Waals surface area contributed by atoms with Gasteiger partial charge in [-0.1, -0.05) is 40.2 Å². The molecule has 0 fully saturated rings. The number of carbonyl (C=O) groups is 2. The molecule has 0 spiro atoms. The van der Waals surface area contributed by atoms with Crippen LogP contribution in [0, 0.1) is 5.41 Å². The maximum atomic E-state index is 13.0. The quantitative estimate of drug-likeness (QED) is 0.748. The number of amides is 1. The Bertz CT molecular complexity index is 1030. The van der Waals surface area contributed by atoms with E-state index >= 15 is 0 Å². The van der Waals surface area contributed by atoms with Crippen molar-refractivity contribution in [2.45, 2.75) is 60.0 Å². The Morgan fingerprint density at radius 3 is 2.62 bits per heavy atom. The second kappa shape index (κ2) is 9.78. The number of nitrogens with zero attached hydrogens (tertiary/aromatic N) is 2. The molecule has 0 saturated carbocycles. The molecule has 2 heterocycles. The summed E-state index contributed by atoms with van der Waals surface area (Å²) in [6.07, 6.45) is 6.62. The molecule has 0 aliphatic rings. The summed E-state index contributed by atoms with van der Waals surface area (Å²) in [6, 6.07) is 5.47. The van der Waals surface area contributed by atoms with Crippen LogP contribution in [-0.2, 0) is 16.1 Å². The summed E-state index contributed by atoms with van der Waals surface area (Å²) in [4.78, 5) is 42.2. The van der Waals surface area contributed by atoms with Crippen LogP contribution < -0.4 is 20.1 Å². The normalized spacial score (nSPS) is 14.1. The predicted octanol–water partition coefficient (Wildman–Crippen LogP) is 1.83. The van der Waals surface area contributed by atoms with E-state index in [1.807, 2.05) is 33.8 Å². The standard InChI is InChI=1S/C22H29N3O3S/c1-6-9-15(2)24-19(27)14-25-20(13-18(26)22(3,4)5)29-17(21(25)28)12-16-10-7-8-11-23-16/h7-8,10-13,15H,6,9,14H2,1-5H3,(H,24,27)/b17-12+,20-13-/t15-/m1/s1. The van der Waals surface area contributed by atoms with Gasteiger partial charge in [0.2, 0.25) is 5.91 Å². The van der Waals surface area contributed by atoms with E-state index in [4.69, 9.17) is 0 Å². The van der Waals surface area contributed by atoms with E-state index in [0.29, 0.717) is 14.9 Å². The zero-order valence-electron chi connectivity index (χ0n) is 17.7. The summed E-state index contributed by atoms with van der Waals surface area (Å²) in [7, 11) is 0. The molecule has 0 unspecified atom stereocenters. The van der Waals surface area contributed by atoms with E-state index in [0.717, 1.165) is 12.8 Å². The fourth-order valence-corrected chi connectivity index (χ4v) is 3.71. The van der Waals surface area contributed by atoms with Gasteiger partial charge in [0.25, 0.3) is 5.56 Å². The summed E-state index contributed by atoms with van der Waals surface area (Å²) in [5.41, 5.74) is -0.229. The van der Waals surface area contributed by atoms with Crippen molar-refractivity contribution >= 4 is 35.2 Å². The van der Waals surface area contributed by atoms with Crippen LogP contribution in [0.3, 0.4) is 0 Å². The predicted molar refractivity (Wildman–Crippen MR) is 117 cm³/mol. The minimum absolute atomic E-state index is 0.0324. The smallest absolute Gasteiger partial charge is 0.269 e. The van der Waals surface area contributed by atoms with Crippen molar-refractivity contribution in [1.29, 1.82) is 0 Å². The minimum Gasteiger partial charge on any atom is -0.352 e. The van der Waals surface area contributed by atoms with Crippen LogP contribution in [0.25, 0.3) is 12.2 Å². The number of nitrogens with one attached hydrogen (secondary N) is 1. The molecular weight excluding hydrogens is 386 g/mol. The molecule has 2 aromatic heterocycles. The molecule has 2 aromatic rings. The van der Waals surface area contributed by atoms with E-state index in [1.165, 1.54) is 22.0 Å². The first-order valence-corrected chi connectivity index (χ1v) is 10.6. The second-order valence-electron chi connectivity index (χ2n) is 8.11. The molecular formula is C22H29N3O3S. The molecule has 6 nitrogen and oxygen atoms in total. The van der Waals surface area contributed by atoms with Gasteiger partial charge in [-0.2, -0.15) is 0 Å². The van der Waals surface area contributed by atoms with Gasteiger partial charge in [0.05, 0.1) is 10.2 Å². The van der Waals surface area contributed by atoms with Crippen molar-refractivity contribution in [3.63, 3.8) is 0 Å². The van der Waals surface area contributed by atoms with E-state index in [9.17, 15) is 14.4 Å². The molecule has 7 heteroatoms. The first-order chi connectivity index (χ1) is 13.6. The van der Waals surface area contributed by atoms with Crippen LogP contribution in [0.5, 0.6) is 0 Å². The third kappa shape index (κ3) is 6.49. The Labute approximate surface area is 175 Å². The Morgan fingerprint density at radius 1 is 1.31 bits per heavy atom. The fraction of sp³-hybridized carbons (Fsp3) is 0.455. The number of pyridine rings is 1. The van der Waals surface area contributed by atoms with Gasteiger partial charge in [0.15, 0.2) is 5.78 Å². The van der Waals surface area contributed by atoms with Crippen molar-refractivity contribution < 1.29 is 9.59 Å². The lowest BCUT2D eigenvalue weighted by atomic mass is 9.91. The van der Waals surface area contributed by atoms with Crippen LogP contribution in [0.15, 0.2) is 29.2 Å². The number of ketones is 1. The average Bonchev–Trinajstić information content (AvgIpc) is 2.90. The second-order valence-corrected chi connectivity index (χ2v) is 9.17. The molecule has 0 radical (unpaired) electrons. The van der Waals surface area contributed by atoms with Crippen molar-refractivity contribution in [1.82, 2.24) is 14.9 Å². The van der Waals surface area contributed by atoms with Gasteiger partial charge in [0, 0.05) is 23.7 Å². The molecule has 29 heavy (non-hydrogen) atoms. The van der Waals surface area contributed by atoms with Crippen LogP contribution in [0.1, 0.15) is 53.2 Å². The molecule has 0 saturated heterocycles. The van der Waals surface area contributed by atoms with Crippen molar-refractivity contribution in [3.05, 3.63) is 49.6 Å². The molecule has 0 aliphatic heterocycles. The van der Waals surface area contributed by atoms with Crippen LogP contribution in [-0.4, -0.2) is 27.3 Å². The molecule has 1 atom stereocenters. The fourth-order valence-electron chi connectivity index (χ4n) is 2.69. The highest BCUT2D eigenvalue weighted by molar-refractivity contribution is 7.07.